The van der Waals surface area contributed by atoms with E-state index in [4.69, 9.17) is 0 Å². The fraction of sp³-hybridized carbons (Fsp3) is 0.400. The quantitative estimate of drug-likeness (QED) is 0.895. The van der Waals surface area contributed by atoms with E-state index in [1.54, 1.807) is 0 Å². The van der Waals surface area contributed by atoms with Crippen molar-refractivity contribution in [1.82, 2.24) is 15.1 Å². The first-order chi connectivity index (χ1) is 8.74. The first-order valence-corrected chi connectivity index (χ1v) is 6.62. The Labute approximate surface area is 107 Å². The number of nitrogens with one attached hydrogen (secondary N) is 1. The summed E-state index contributed by atoms with van der Waals surface area (Å²) >= 11 is 0. The maximum Gasteiger partial charge on any atom is 0.0930 e. The summed E-state index contributed by atoms with van der Waals surface area (Å²) in [5.41, 5.74) is 3.23. The molecule has 1 aliphatic carbocycles. The number of hydrogen-bond donors (Lipinski definition) is 1. The highest BCUT2D eigenvalue weighted by atomic mass is 15.2. The number of fused-ring (bicyclic) bond motifs is 1. The van der Waals surface area contributed by atoms with Crippen molar-refractivity contribution in [3.63, 3.8) is 0 Å². The van der Waals surface area contributed by atoms with Crippen molar-refractivity contribution in [1.29, 1.82) is 0 Å². The molecule has 1 fully saturated rings. The van der Waals surface area contributed by atoms with Crippen molar-refractivity contribution < 1.29 is 0 Å². The minimum atomic E-state index is 0.601. The van der Waals surface area contributed by atoms with E-state index in [-0.39, 0.29) is 0 Å². The van der Waals surface area contributed by atoms with Crippen molar-refractivity contribution in [2.24, 2.45) is 7.05 Å². The number of aryl methyl sites for hydroxylation is 1. The number of benzene rings is 1. The molecule has 3 nitrogen and oxygen atoms in total. The van der Waals surface area contributed by atoms with Gasteiger partial charge in [0.05, 0.1) is 5.52 Å². The van der Waals surface area contributed by atoms with Gasteiger partial charge in [0, 0.05) is 35.9 Å². The second kappa shape index (κ2) is 4.48. The van der Waals surface area contributed by atoms with Crippen LogP contribution in [0.1, 0.15) is 31.2 Å². The van der Waals surface area contributed by atoms with Gasteiger partial charge >= 0.3 is 0 Å². The molecule has 1 aromatic heterocycles. The zero-order valence-corrected chi connectivity index (χ0v) is 10.8. The van der Waals surface area contributed by atoms with E-state index in [2.05, 4.69) is 29.3 Å². The van der Waals surface area contributed by atoms with Gasteiger partial charge < -0.3 is 5.32 Å². The first kappa shape index (κ1) is 11.3. The van der Waals surface area contributed by atoms with Crippen LogP contribution in [0, 0.1) is 0 Å². The van der Waals surface area contributed by atoms with E-state index in [1.165, 1.54) is 36.6 Å². The summed E-state index contributed by atoms with van der Waals surface area (Å²) in [5, 5.41) is 9.18. The van der Waals surface area contributed by atoms with E-state index in [0.717, 1.165) is 11.2 Å². The van der Waals surface area contributed by atoms with Crippen LogP contribution < -0.4 is 5.32 Å². The molecule has 1 saturated carbocycles. The molecule has 1 heterocycles. The molecule has 1 aliphatic rings. The third-order valence-electron chi connectivity index (χ3n) is 3.72. The largest absolute Gasteiger partial charge is 0.382 e. The SMILES string of the molecule is C=C(NC1CCCC1)c1cccc2nn(C)cc12. The molecule has 1 aromatic carbocycles. The molecule has 0 atom stereocenters. The molecule has 3 rings (SSSR count). The summed E-state index contributed by atoms with van der Waals surface area (Å²) < 4.78 is 1.86. The van der Waals surface area contributed by atoms with Crippen molar-refractivity contribution >= 4 is 16.6 Å². The van der Waals surface area contributed by atoms with Crippen LogP contribution in [0.4, 0.5) is 0 Å². The van der Waals surface area contributed by atoms with Crippen LogP contribution in [0.15, 0.2) is 31.0 Å². The average Bonchev–Trinajstić information content (AvgIpc) is 2.95. The Morgan fingerprint density at radius 3 is 2.94 bits per heavy atom. The summed E-state index contributed by atoms with van der Waals surface area (Å²) in [5.74, 6) is 0. The van der Waals surface area contributed by atoms with Crippen LogP contribution in [0.25, 0.3) is 16.6 Å². The Bertz CT molecular complexity index is 576. The number of rotatable bonds is 3. The van der Waals surface area contributed by atoms with Gasteiger partial charge in [-0.3, -0.25) is 4.68 Å². The van der Waals surface area contributed by atoms with Crippen LogP contribution in [0.5, 0.6) is 0 Å². The van der Waals surface area contributed by atoms with Crippen molar-refractivity contribution in [3.8, 4) is 0 Å². The van der Waals surface area contributed by atoms with E-state index in [0.29, 0.717) is 6.04 Å². The number of hydrogen-bond acceptors (Lipinski definition) is 2. The minimum absolute atomic E-state index is 0.601. The highest BCUT2D eigenvalue weighted by Gasteiger charge is 2.16. The van der Waals surface area contributed by atoms with Crippen molar-refractivity contribution in [2.45, 2.75) is 31.7 Å². The lowest BCUT2D eigenvalue weighted by atomic mass is 10.1. The van der Waals surface area contributed by atoms with Gasteiger partial charge in [-0.15, -0.1) is 0 Å². The summed E-state index contributed by atoms with van der Waals surface area (Å²) in [7, 11) is 1.96. The molecule has 18 heavy (non-hydrogen) atoms. The fourth-order valence-corrected chi connectivity index (χ4v) is 2.82. The van der Waals surface area contributed by atoms with E-state index < -0.39 is 0 Å². The third kappa shape index (κ3) is 2.01. The smallest absolute Gasteiger partial charge is 0.0930 e. The highest BCUT2D eigenvalue weighted by molar-refractivity contribution is 5.90. The minimum Gasteiger partial charge on any atom is -0.382 e. The first-order valence-electron chi connectivity index (χ1n) is 6.62. The molecule has 0 amide bonds. The van der Waals surface area contributed by atoms with E-state index in [9.17, 15) is 0 Å². The Morgan fingerprint density at radius 2 is 2.17 bits per heavy atom. The van der Waals surface area contributed by atoms with Crippen molar-refractivity contribution in [2.75, 3.05) is 0 Å². The molecule has 0 radical (unpaired) electrons. The Hall–Kier alpha value is -1.77. The summed E-state index contributed by atoms with van der Waals surface area (Å²) in [6.45, 7) is 4.20. The molecule has 3 heteroatoms. The number of nitrogens with zero attached hydrogens (tertiary/aromatic N) is 2. The second-order valence-corrected chi connectivity index (χ2v) is 5.15. The maximum absolute atomic E-state index is 4.44. The van der Waals surface area contributed by atoms with Gasteiger partial charge in [-0.2, -0.15) is 5.10 Å². The van der Waals surface area contributed by atoms with Crippen LogP contribution in [-0.4, -0.2) is 15.8 Å². The van der Waals surface area contributed by atoms with Gasteiger partial charge in [-0.25, -0.2) is 0 Å². The topological polar surface area (TPSA) is 29.9 Å². The predicted molar refractivity (Wildman–Crippen MR) is 75.1 cm³/mol. The molecule has 0 saturated heterocycles. The molecule has 94 valence electrons. The van der Waals surface area contributed by atoms with Crippen LogP contribution in [0.2, 0.25) is 0 Å². The average molecular weight is 241 g/mol. The Balaban J connectivity index is 1.90. The number of aromatic nitrogens is 2. The summed E-state index contributed by atoms with van der Waals surface area (Å²) in [6.07, 6.45) is 7.26. The Kier molecular flexibility index (Phi) is 2.82. The monoisotopic (exact) mass is 241 g/mol. The third-order valence-corrected chi connectivity index (χ3v) is 3.72. The molecular weight excluding hydrogens is 222 g/mol. The normalized spacial score (nSPS) is 16.3. The molecule has 2 aromatic rings. The lowest BCUT2D eigenvalue weighted by Gasteiger charge is -2.16. The maximum atomic E-state index is 4.44. The van der Waals surface area contributed by atoms with E-state index in [1.807, 2.05) is 23.9 Å². The highest BCUT2D eigenvalue weighted by Crippen LogP contribution is 2.25. The van der Waals surface area contributed by atoms with Gasteiger partial charge in [-0.1, -0.05) is 31.6 Å². The Morgan fingerprint density at radius 1 is 1.39 bits per heavy atom. The lowest BCUT2D eigenvalue weighted by Crippen LogP contribution is -2.23. The molecule has 0 spiro atoms. The van der Waals surface area contributed by atoms with Gasteiger partial charge in [0.1, 0.15) is 0 Å². The van der Waals surface area contributed by atoms with Crippen LogP contribution in [0.3, 0.4) is 0 Å². The second-order valence-electron chi connectivity index (χ2n) is 5.15. The molecular formula is C15H19N3. The zero-order chi connectivity index (χ0) is 12.5. The summed E-state index contributed by atoms with van der Waals surface area (Å²) in [4.78, 5) is 0. The summed E-state index contributed by atoms with van der Waals surface area (Å²) in [6, 6.07) is 6.81. The lowest BCUT2D eigenvalue weighted by molar-refractivity contribution is 0.620. The van der Waals surface area contributed by atoms with Crippen LogP contribution in [-0.2, 0) is 7.05 Å². The fourth-order valence-electron chi connectivity index (χ4n) is 2.82. The molecule has 1 N–H and O–H groups in total. The van der Waals surface area contributed by atoms with Crippen molar-refractivity contribution in [3.05, 3.63) is 36.5 Å². The van der Waals surface area contributed by atoms with Gasteiger partial charge in [-0.05, 0) is 18.9 Å². The molecule has 0 aliphatic heterocycles. The van der Waals surface area contributed by atoms with Gasteiger partial charge in [0.15, 0.2) is 0 Å². The predicted octanol–water partition coefficient (Wildman–Crippen LogP) is 3.08. The van der Waals surface area contributed by atoms with Gasteiger partial charge in [0.25, 0.3) is 0 Å². The van der Waals surface area contributed by atoms with Gasteiger partial charge in [0.2, 0.25) is 0 Å². The standard InChI is InChI=1S/C15H19N3/c1-11(16-12-6-3-4-7-12)13-8-5-9-15-14(13)10-18(2)17-15/h5,8-10,12,16H,1,3-4,6-7H2,2H3. The molecule has 0 unspecified atom stereocenters. The van der Waals surface area contributed by atoms with Crippen LogP contribution >= 0.6 is 0 Å². The zero-order valence-electron chi connectivity index (χ0n) is 10.8. The molecule has 0 bridgehead atoms. The van der Waals surface area contributed by atoms with E-state index >= 15 is 0 Å².